The first-order chi connectivity index (χ1) is 9.11. The highest BCUT2D eigenvalue weighted by molar-refractivity contribution is 4.79. The predicted molar refractivity (Wildman–Crippen MR) is 82.6 cm³/mol. The van der Waals surface area contributed by atoms with E-state index >= 15 is 0 Å². The quantitative estimate of drug-likeness (QED) is 0.652. The van der Waals surface area contributed by atoms with E-state index in [2.05, 4.69) is 38.0 Å². The summed E-state index contributed by atoms with van der Waals surface area (Å²) < 4.78 is 5.53. The van der Waals surface area contributed by atoms with Crippen LogP contribution in [0.3, 0.4) is 0 Å². The average molecular weight is 270 g/mol. The van der Waals surface area contributed by atoms with Gasteiger partial charge in [0, 0.05) is 25.7 Å². The molecule has 0 heterocycles. The van der Waals surface area contributed by atoms with Crippen LogP contribution in [0, 0.1) is 5.92 Å². The molecule has 0 amide bonds. The number of hydrogen-bond acceptors (Lipinski definition) is 3. The maximum absolute atomic E-state index is 5.53. The average Bonchev–Trinajstić information content (AvgIpc) is 2.37. The number of likely N-dealkylation sites (N-methyl/N-ethyl adjacent to an activating group) is 1. The third-order valence-electron chi connectivity index (χ3n) is 4.22. The highest BCUT2D eigenvalue weighted by Crippen LogP contribution is 2.26. The summed E-state index contributed by atoms with van der Waals surface area (Å²) in [5.74, 6) is 0.873. The number of ether oxygens (including phenoxy) is 1. The molecule has 2 atom stereocenters. The van der Waals surface area contributed by atoms with Gasteiger partial charge in [0.05, 0.1) is 6.10 Å². The van der Waals surface area contributed by atoms with E-state index in [9.17, 15) is 0 Å². The molecule has 114 valence electrons. The zero-order chi connectivity index (χ0) is 14.1. The van der Waals surface area contributed by atoms with Gasteiger partial charge in [-0.1, -0.05) is 19.8 Å². The van der Waals surface area contributed by atoms with Crippen LogP contribution < -0.4 is 5.32 Å². The zero-order valence-corrected chi connectivity index (χ0v) is 13.5. The van der Waals surface area contributed by atoms with Crippen molar-refractivity contribution in [3.63, 3.8) is 0 Å². The second kappa shape index (κ2) is 9.73. The normalized spacial score (nSPS) is 24.3. The molecule has 1 aliphatic carbocycles. The smallest absolute Gasteiger partial charge is 0.0518 e. The van der Waals surface area contributed by atoms with E-state index < -0.39 is 0 Å². The van der Waals surface area contributed by atoms with Crippen LogP contribution in [-0.4, -0.2) is 50.3 Å². The van der Waals surface area contributed by atoms with Gasteiger partial charge in [-0.25, -0.2) is 0 Å². The molecule has 0 aromatic carbocycles. The van der Waals surface area contributed by atoms with Crippen molar-refractivity contribution < 1.29 is 4.74 Å². The van der Waals surface area contributed by atoms with Crippen molar-refractivity contribution >= 4 is 0 Å². The lowest BCUT2D eigenvalue weighted by molar-refractivity contribution is 0.0768. The van der Waals surface area contributed by atoms with E-state index in [0.717, 1.165) is 38.1 Å². The van der Waals surface area contributed by atoms with E-state index in [1.54, 1.807) is 0 Å². The van der Waals surface area contributed by atoms with Gasteiger partial charge in [-0.15, -0.1) is 0 Å². The summed E-state index contributed by atoms with van der Waals surface area (Å²) in [6, 6.07) is 0.805. The Morgan fingerprint density at radius 1 is 1.21 bits per heavy atom. The SMILES string of the molecule is CC(C)OCCCNCCN(C)C1CCCCC1C. The van der Waals surface area contributed by atoms with Crippen LogP contribution >= 0.6 is 0 Å². The van der Waals surface area contributed by atoms with Crippen molar-refractivity contribution in [3.05, 3.63) is 0 Å². The lowest BCUT2D eigenvalue weighted by atomic mass is 9.85. The maximum Gasteiger partial charge on any atom is 0.0518 e. The van der Waals surface area contributed by atoms with Crippen LogP contribution in [0.15, 0.2) is 0 Å². The molecule has 3 nitrogen and oxygen atoms in total. The molecule has 1 rings (SSSR count). The third-order valence-corrected chi connectivity index (χ3v) is 4.22. The van der Waals surface area contributed by atoms with Crippen LogP contribution in [0.2, 0.25) is 0 Å². The van der Waals surface area contributed by atoms with Gasteiger partial charge < -0.3 is 15.0 Å². The first-order valence-electron chi connectivity index (χ1n) is 8.14. The standard InChI is InChI=1S/C16H34N2O/c1-14(2)19-13-7-10-17-11-12-18(4)16-9-6-5-8-15(16)3/h14-17H,5-13H2,1-4H3. The summed E-state index contributed by atoms with van der Waals surface area (Å²) in [7, 11) is 2.29. The Morgan fingerprint density at radius 2 is 1.95 bits per heavy atom. The summed E-state index contributed by atoms with van der Waals surface area (Å²) in [4.78, 5) is 2.56. The minimum absolute atomic E-state index is 0.360. The number of nitrogens with one attached hydrogen (secondary N) is 1. The zero-order valence-electron chi connectivity index (χ0n) is 13.5. The van der Waals surface area contributed by atoms with E-state index in [1.807, 2.05) is 0 Å². The molecule has 1 saturated carbocycles. The lowest BCUT2D eigenvalue weighted by Gasteiger charge is -2.36. The van der Waals surface area contributed by atoms with Crippen molar-refractivity contribution in [2.75, 3.05) is 33.3 Å². The highest BCUT2D eigenvalue weighted by atomic mass is 16.5. The minimum atomic E-state index is 0.360. The third kappa shape index (κ3) is 7.28. The summed E-state index contributed by atoms with van der Waals surface area (Å²) in [5.41, 5.74) is 0. The molecule has 0 bridgehead atoms. The molecule has 0 aliphatic heterocycles. The van der Waals surface area contributed by atoms with Gasteiger partial charge in [-0.05, 0) is 52.6 Å². The second-order valence-corrected chi connectivity index (χ2v) is 6.33. The Morgan fingerprint density at radius 3 is 2.63 bits per heavy atom. The molecular formula is C16H34N2O. The predicted octanol–water partition coefficient (Wildman–Crippen LogP) is 2.90. The van der Waals surface area contributed by atoms with Crippen LogP contribution in [0.5, 0.6) is 0 Å². The first kappa shape index (κ1) is 16.9. The van der Waals surface area contributed by atoms with Crippen LogP contribution in [-0.2, 0) is 4.74 Å². The molecule has 1 N–H and O–H groups in total. The lowest BCUT2D eigenvalue weighted by Crippen LogP contribution is -2.42. The van der Waals surface area contributed by atoms with Gasteiger partial charge in [0.1, 0.15) is 0 Å². The molecule has 3 heteroatoms. The second-order valence-electron chi connectivity index (χ2n) is 6.33. The summed E-state index contributed by atoms with van der Waals surface area (Å²) >= 11 is 0. The monoisotopic (exact) mass is 270 g/mol. The van der Waals surface area contributed by atoms with Gasteiger partial charge in [-0.2, -0.15) is 0 Å². The molecular weight excluding hydrogens is 236 g/mol. The maximum atomic E-state index is 5.53. The molecule has 2 unspecified atom stereocenters. The topological polar surface area (TPSA) is 24.5 Å². The molecule has 1 fully saturated rings. The molecule has 0 aromatic rings. The Kier molecular flexibility index (Phi) is 8.67. The molecule has 1 aliphatic rings. The largest absolute Gasteiger partial charge is 0.379 e. The van der Waals surface area contributed by atoms with Crippen molar-refractivity contribution in [1.82, 2.24) is 10.2 Å². The van der Waals surface area contributed by atoms with Crippen LogP contribution in [0.1, 0.15) is 52.9 Å². The van der Waals surface area contributed by atoms with Crippen LogP contribution in [0.4, 0.5) is 0 Å². The van der Waals surface area contributed by atoms with E-state index in [0.29, 0.717) is 6.10 Å². The number of nitrogens with zero attached hydrogens (tertiary/aromatic N) is 1. The Bertz CT molecular complexity index is 221. The van der Waals surface area contributed by atoms with Crippen molar-refractivity contribution in [2.45, 2.75) is 65.0 Å². The fourth-order valence-electron chi connectivity index (χ4n) is 3.01. The summed E-state index contributed by atoms with van der Waals surface area (Å²) in [5, 5.41) is 3.52. The fourth-order valence-corrected chi connectivity index (χ4v) is 3.01. The molecule has 0 radical (unpaired) electrons. The Balaban J connectivity index is 1.99. The van der Waals surface area contributed by atoms with Gasteiger partial charge in [0.25, 0.3) is 0 Å². The van der Waals surface area contributed by atoms with Crippen molar-refractivity contribution in [1.29, 1.82) is 0 Å². The van der Waals surface area contributed by atoms with Gasteiger partial charge in [0.15, 0.2) is 0 Å². The molecule has 0 saturated heterocycles. The summed E-state index contributed by atoms with van der Waals surface area (Å²) in [6.45, 7) is 10.8. The van der Waals surface area contributed by atoms with Crippen molar-refractivity contribution in [3.8, 4) is 0 Å². The van der Waals surface area contributed by atoms with Crippen LogP contribution in [0.25, 0.3) is 0 Å². The van der Waals surface area contributed by atoms with Gasteiger partial charge >= 0.3 is 0 Å². The fraction of sp³-hybridized carbons (Fsp3) is 1.00. The number of hydrogen-bond donors (Lipinski definition) is 1. The van der Waals surface area contributed by atoms with Crippen molar-refractivity contribution in [2.24, 2.45) is 5.92 Å². The number of rotatable bonds is 9. The highest BCUT2D eigenvalue weighted by Gasteiger charge is 2.24. The molecule has 0 spiro atoms. The molecule has 19 heavy (non-hydrogen) atoms. The van der Waals surface area contributed by atoms with E-state index in [1.165, 1.54) is 32.2 Å². The van der Waals surface area contributed by atoms with Gasteiger partial charge in [0.2, 0.25) is 0 Å². The van der Waals surface area contributed by atoms with E-state index in [-0.39, 0.29) is 0 Å². The Hall–Kier alpha value is -0.120. The first-order valence-corrected chi connectivity index (χ1v) is 8.14. The molecule has 0 aromatic heterocycles. The minimum Gasteiger partial charge on any atom is -0.379 e. The summed E-state index contributed by atoms with van der Waals surface area (Å²) in [6.07, 6.45) is 7.12. The van der Waals surface area contributed by atoms with E-state index in [4.69, 9.17) is 4.74 Å². The Labute approximate surface area is 120 Å². The van der Waals surface area contributed by atoms with Gasteiger partial charge in [-0.3, -0.25) is 0 Å².